The molecule has 0 unspecified atom stereocenters. The van der Waals surface area contributed by atoms with Crippen molar-refractivity contribution in [3.63, 3.8) is 0 Å². The zero-order chi connectivity index (χ0) is 14.2. The summed E-state index contributed by atoms with van der Waals surface area (Å²) < 4.78 is 0.805. The number of hydrogen-bond acceptors (Lipinski definition) is 1. The lowest BCUT2D eigenvalue weighted by Crippen LogP contribution is -2.35. The van der Waals surface area contributed by atoms with Crippen LogP contribution < -0.4 is 5.32 Å². The molecular weight excluding hydrogens is 338 g/mol. The molecule has 1 N–H and O–H groups in total. The van der Waals surface area contributed by atoms with Crippen molar-refractivity contribution in [2.24, 2.45) is 0 Å². The van der Waals surface area contributed by atoms with E-state index in [0.29, 0.717) is 10.6 Å². The van der Waals surface area contributed by atoms with Gasteiger partial charge in [0.25, 0.3) is 5.91 Å². The molecule has 3 rings (SSSR count). The normalized spacial score (nSPS) is 15.7. The zero-order valence-electron chi connectivity index (χ0n) is 10.7. The van der Waals surface area contributed by atoms with Gasteiger partial charge in [0.15, 0.2) is 0 Å². The van der Waals surface area contributed by atoms with E-state index in [-0.39, 0.29) is 11.4 Å². The first-order valence-electron chi connectivity index (χ1n) is 6.44. The highest BCUT2D eigenvalue weighted by Gasteiger charge is 2.45. The van der Waals surface area contributed by atoms with Crippen molar-refractivity contribution in [3.8, 4) is 0 Å². The molecule has 0 saturated heterocycles. The summed E-state index contributed by atoms with van der Waals surface area (Å²) in [5.74, 6) is -0.0602. The van der Waals surface area contributed by atoms with Crippen LogP contribution in [0.4, 0.5) is 0 Å². The Morgan fingerprint density at radius 3 is 2.55 bits per heavy atom. The van der Waals surface area contributed by atoms with E-state index in [4.69, 9.17) is 11.6 Å². The molecule has 2 nitrogen and oxygen atoms in total. The lowest BCUT2D eigenvalue weighted by Gasteiger charge is -2.18. The smallest absolute Gasteiger partial charge is 0.253 e. The molecule has 1 aliphatic carbocycles. The molecule has 0 spiro atoms. The highest BCUT2D eigenvalue weighted by Crippen LogP contribution is 2.46. The van der Waals surface area contributed by atoms with Gasteiger partial charge in [0.05, 0.1) is 11.1 Å². The van der Waals surface area contributed by atoms with Crippen LogP contribution in [0.3, 0.4) is 0 Å². The van der Waals surface area contributed by atoms with E-state index in [1.165, 1.54) is 0 Å². The minimum absolute atomic E-state index is 0.0602. The van der Waals surface area contributed by atoms with Crippen LogP contribution in [0.15, 0.2) is 53.0 Å². The molecule has 1 aliphatic rings. The van der Waals surface area contributed by atoms with Gasteiger partial charge in [-0.3, -0.25) is 4.79 Å². The Morgan fingerprint density at radius 2 is 1.90 bits per heavy atom. The SMILES string of the molecule is O=C(NC1(c2cccc(Cl)c2)CC1)c1ccccc1Br. The quantitative estimate of drug-likeness (QED) is 0.866. The van der Waals surface area contributed by atoms with Gasteiger partial charge in [0.1, 0.15) is 0 Å². The van der Waals surface area contributed by atoms with Crippen LogP contribution in [-0.2, 0) is 5.54 Å². The average molecular weight is 351 g/mol. The Labute approximate surface area is 131 Å². The van der Waals surface area contributed by atoms with E-state index in [9.17, 15) is 4.79 Å². The van der Waals surface area contributed by atoms with Crippen molar-refractivity contribution < 1.29 is 4.79 Å². The summed E-state index contributed by atoms with van der Waals surface area (Å²) in [6.45, 7) is 0. The Bertz CT molecular complexity index is 667. The average Bonchev–Trinajstić information content (AvgIpc) is 3.20. The van der Waals surface area contributed by atoms with Crippen LogP contribution >= 0.6 is 27.5 Å². The lowest BCUT2D eigenvalue weighted by atomic mass is 10.0. The van der Waals surface area contributed by atoms with Crippen molar-refractivity contribution in [1.82, 2.24) is 5.32 Å². The first-order chi connectivity index (χ1) is 9.61. The molecule has 2 aromatic rings. The third-order valence-electron chi connectivity index (χ3n) is 3.60. The van der Waals surface area contributed by atoms with Crippen LogP contribution in [0.5, 0.6) is 0 Å². The molecular formula is C16H13BrClNO. The molecule has 4 heteroatoms. The number of carbonyl (C=O) groups is 1. The third kappa shape index (κ3) is 2.60. The van der Waals surface area contributed by atoms with Gasteiger partial charge in [0, 0.05) is 9.50 Å². The molecule has 0 atom stereocenters. The van der Waals surface area contributed by atoms with Crippen LogP contribution in [0, 0.1) is 0 Å². The lowest BCUT2D eigenvalue weighted by molar-refractivity contribution is 0.0930. The van der Waals surface area contributed by atoms with Crippen LogP contribution in [-0.4, -0.2) is 5.91 Å². The molecule has 1 fully saturated rings. The Morgan fingerprint density at radius 1 is 1.15 bits per heavy atom. The fourth-order valence-corrected chi connectivity index (χ4v) is 2.98. The molecule has 2 aromatic carbocycles. The second kappa shape index (κ2) is 5.23. The fraction of sp³-hybridized carbons (Fsp3) is 0.188. The molecule has 102 valence electrons. The van der Waals surface area contributed by atoms with Crippen molar-refractivity contribution in [2.45, 2.75) is 18.4 Å². The fourth-order valence-electron chi connectivity index (χ4n) is 2.33. The Hall–Kier alpha value is -1.32. The van der Waals surface area contributed by atoms with Gasteiger partial charge in [-0.1, -0.05) is 35.9 Å². The first-order valence-corrected chi connectivity index (χ1v) is 7.61. The van der Waals surface area contributed by atoms with E-state index in [1.807, 2.05) is 48.5 Å². The minimum atomic E-state index is -0.253. The summed E-state index contributed by atoms with van der Waals surface area (Å²) in [6.07, 6.45) is 1.90. The van der Waals surface area contributed by atoms with Crippen molar-refractivity contribution >= 4 is 33.4 Å². The van der Waals surface area contributed by atoms with Crippen LogP contribution in [0.1, 0.15) is 28.8 Å². The molecule has 0 radical (unpaired) electrons. The first kappa shape index (κ1) is 13.7. The van der Waals surface area contributed by atoms with Gasteiger partial charge in [-0.05, 0) is 58.6 Å². The van der Waals surface area contributed by atoms with Gasteiger partial charge in [-0.2, -0.15) is 0 Å². The number of halogens is 2. The second-order valence-corrected chi connectivity index (χ2v) is 6.32. The maximum atomic E-state index is 12.4. The minimum Gasteiger partial charge on any atom is -0.342 e. The van der Waals surface area contributed by atoms with Gasteiger partial charge < -0.3 is 5.32 Å². The maximum Gasteiger partial charge on any atom is 0.253 e. The van der Waals surface area contributed by atoms with E-state index in [0.717, 1.165) is 22.9 Å². The molecule has 0 bridgehead atoms. The van der Waals surface area contributed by atoms with Gasteiger partial charge in [0.2, 0.25) is 0 Å². The number of benzene rings is 2. The van der Waals surface area contributed by atoms with Crippen LogP contribution in [0.25, 0.3) is 0 Å². The van der Waals surface area contributed by atoms with Crippen molar-refractivity contribution in [1.29, 1.82) is 0 Å². The molecule has 0 aromatic heterocycles. The number of hydrogen-bond donors (Lipinski definition) is 1. The summed E-state index contributed by atoms with van der Waals surface area (Å²) >= 11 is 9.45. The highest BCUT2D eigenvalue weighted by molar-refractivity contribution is 9.10. The van der Waals surface area contributed by atoms with E-state index < -0.39 is 0 Å². The molecule has 1 amide bonds. The zero-order valence-corrected chi connectivity index (χ0v) is 13.0. The predicted molar refractivity (Wildman–Crippen MR) is 84.0 cm³/mol. The highest BCUT2D eigenvalue weighted by atomic mass is 79.9. The topological polar surface area (TPSA) is 29.1 Å². The molecule has 1 saturated carbocycles. The number of rotatable bonds is 3. The largest absolute Gasteiger partial charge is 0.342 e. The summed E-state index contributed by atoms with van der Waals surface area (Å²) in [7, 11) is 0. The third-order valence-corrected chi connectivity index (χ3v) is 4.53. The summed E-state index contributed by atoms with van der Waals surface area (Å²) in [6, 6.07) is 15.1. The monoisotopic (exact) mass is 349 g/mol. The molecule has 0 heterocycles. The van der Waals surface area contributed by atoms with Gasteiger partial charge in [-0.25, -0.2) is 0 Å². The van der Waals surface area contributed by atoms with Crippen LogP contribution in [0.2, 0.25) is 5.02 Å². The van der Waals surface area contributed by atoms with Gasteiger partial charge in [-0.15, -0.1) is 0 Å². The molecule has 20 heavy (non-hydrogen) atoms. The second-order valence-electron chi connectivity index (χ2n) is 5.03. The summed E-state index contributed by atoms with van der Waals surface area (Å²) in [4.78, 5) is 12.4. The number of nitrogens with one attached hydrogen (secondary N) is 1. The summed E-state index contributed by atoms with van der Waals surface area (Å²) in [5, 5.41) is 3.84. The maximum absolute atomic E-state index is 12.4. The Balaban J connectivity index is 1.84. The predicted octanol–water partition coefficient (Wildman–Crippen LogP) is 4.52. The Kier molecular flexibility index (Phi) is 3.57. The standard InChI is InChI=1S/C16H13BrClNO/c17-14-7-2-1-6-13(14)15(20)19-16(8-9-16)11-4-3-5-12(18)10-11/h1-7,10H,8-9H2,(H,19,20). The van der Waals surface area contributed by atoms with E-state index >= 15 is 0 Å². The van der Waals surface area contributed by atoms with E-state index in [2.05, 4.69) is 21.2 Å². The number of amides is 1. The molecule has 0 aliphatic heterocycles. The summed E-state index contributed by atoms with van der Waals surface area (Å²) in [5.41, 5.74) is 1.48. The van der Waals surface area contributed by atoms with Crippen molar-refractivity contribution in [3.05, 3.63) is 69.2 Å². The van der Waals surface area contributed by atoms with Gasteiger partial charge >= 0.3 is 0 Å². The van der Waals surface area contributed by atoms with E-state index in [1.54, 1.807) is 0 Å². The van der Waals surface area contributed by atoms with Crippen molar-refractivity contribution in [2.75, 3.05) is 0 Å². The number of carbonyl (C=O) groups excluding carboxylic acids is 1.